The van der Waals surface area contributed by atoms with E-state index in [0.29, 0.717) is 38.8 Å². The Labute approximate surface area is 276 Å². The van der Waals surface area contributed by atoms with Gasteiger partial charge in [-0.3, -0.25) is 0 Å². The van der Waals surface area contributed by atoms with Crippen LogP contribution in [0.4, 0.5) is 0 Å². The monoisotopic (exact) mass is 594 g/mol. The van der Waals surface area contributed by atoms with E-state index in [4.69, 9.17) is 14.3 Å². The van der Waals surface area contributed by atoms with Crippen molar-refractivity contribution in [1.82, 2.24) is 0 Å². The number of para-hydroxylation sites is 1. The summed E-state index contributed by atoms with van der Waals surface area (Å²) in [6.45, 7) is 0. The number of hydrogen-bond acceptors (Lipinski definition) is 2. The molecule has 10 aromatic rings. The molecule has 0 saturated heterocycles. The van der Waals surface area contributed by atoms with E-state index in [1.54, 1.807) is 12.1 Å². The average molecular weight is 595 g/mol. The van der Waals surface area contributed by atoms with Gasteiger partial charge in [-0.05, 0) is 85.3 Å². The molecule has 46 heavy (non-hydrogen) atoms. The van der Waals surface area contributed by atoms with E-state index in [1.165, 1.54) is 0 Å². The molecule has 2 heterocycles. The third-order valence-corrected chi connectivity index (χ3v) is 8.93. The number of furan rings is 2. The highest BCUT2D eigenvalue weighted by Gasteiger charge is 2.20. The third-order valence-electron chi connectivity index (χ3n) is 8.93. The normalized spacial score (nSPS) is 14.3. The van der Waals surface area contributed by atoms with E-state index in [1.807, 2.05) is 97.1 Å². The molecule has 2 heteroatoms. The molecule has 0 amide bonds. The summed E-state index contributed by atoms with van der Waals surface area (Å²) < 4.78 is 85.5. The van der Waals surface area contributed by atoms with Gasteiger partial charge in [0.15, 0.2) is 11.2 Å². The van der Waals surface area contributed by atoms with Crippen LogP contribution >= 0.6 is 0 Å². The molecular weight excluding hydrogens is 560 g/mol. The van der Waals surface area contributed by atoms with E-state index in [-0.39, 0.29) is 51.3 Å². The SMILES string of the molecule is [2H]c1c([2H])c([2H])c2c(-c3ccccc3-c3ccccc3)c3c([2H])c([2H])c([2H])c([2H])c3c(-c3ccc4oc5c(ccc6c7ccccc7oc65)c4c3)c2c1[2H]. The maximum absolute atomic E-state index is 9.38. The molecule has 0 unspecified atom stereocenters. The Balaban J connectivity index is 1.40. The van der Waals surface area contributed by atoms with Crippen molar-refractivity contribution in [3.63, 3.8) is 0 Å². The van der Waals surface area contributed by atoms with E-state index in [9.17, 15) is 5.48 Å². The fourth-order valence-electron chi connectivity index (χ4n) is 6.93. The van der Waals surface area contributed by atoms with Crippen LogP contribution in [-0.2, 0) is 0 Å². The van der Waals surface area contributed by atoms with E-state index in [0.717, 1.165) is 32.9 Å². The van der Waals surface area contributed by atoms with Crippen molar-refractivity contribution in [2.45, 2.75) is 0 Å². The Morgan fingerprint density at radius 1 is 0.370 bits per heavy atom. The summed E-state index contributed by atoms with van der Waals surface area (Å²) in [6, 6.07) is 31.2. The second-order valence-corrected chi connectivity index (χ2v) is 11.4. The molecule has 0 spiro atoms. The zero-order valence-electron chi connectivity index (χ0n) is 32.2. The second-order valence-electron chi connectivity index (χ2n) is 11.4. The first kappa shape index (κ1) is 18.6. The molecular formula is C44H26O2. The maximum atomic E-state index is 9.38. The molecule has 0 bridgehead atoms. The standard InChI is InChI=1S/C44H26O2/c1-2-12-27(13-3-1)29-14-4-5-16-31(29)42-34-19-8-6-17-32(34)41(33-18-7-9-20-35(33)42)28-22-25-40-38(26-28)37-24-23-36-30-15-10-11-21-39(30)45-43(36)44(37)46-40/h1-26H/i6D,7D,8D,9D,17D,18D,19D,20D. The van der Waals surface area contributed by atoms with Gasteiger partial charge in [0.1, 0.15) is 11.2 Å². The minimum atomic E-state index is -0.446. The van der Waals surface area contributed by atoms with Crippen LogP contribution in [0.25, 0.3) is 98.8 Å². The first-order valence-corrected chi connectivity index (χ1v) is 15.0. The molecule has 214 valence electrons. The van der Waals surface area contributed by atoms with Gasteiger partial charge >= 0.3 is 0 Å². The van der Waals surface area contributed by atoms with E-state index >= 15 is 0 Å². The molecule has 8 aromatic carbocycles. The van der Waals surface area contributed by atoms with Crippen molar-refractivity contribution in [1.29, 1.82) is 0 Å². The average Bonchev–Trinajstić information content (AvgIpc) is 3.78. The Hall–Kier alpha value is -6.12. The van der Waals surface area contributed by atoms with Gasteiger partial charge in [0.05, 0.1) is 11.0 Å². The lowest BCUT2D eigenvalue weighted by Crippen LogP contribution is -1.92. The van der Waals surface area contributed by atoms with Gasteiger partial charge in [-0.1, -0.05) is 127 Å². The van der Waals surface area contributed by atoms with Crippen LogP contribution in [0.1, 0.15) is 11.0 Å². The van der Waals surface area contributed by atoms with Gasteiger partial charge in [-0.25, -0.2) is 0 Å². The first-order valence-electron chi connectivity index (χ1n) is 19.0. The number of rotatable bonds is 3. The maximum Gasteiger partial charge on any atom is 0.178 e. The molecule has 0 saturated carbocycles. The summed E-state index contributed by atoms with van der Waals surface area (Å²) in [5.41, 5.74) is 5.71. The molecule has 0 aliphatic rings. The van der Waals surface area contributed by atoms with Crippen LogP contribution in [0.15, 0.2) is 166 Å². The molecule has 0 aliphatic heterocycles. The summed E-state index contributed by atoms with van der Waals surface area (Å²) in [5.74, 6) is 0. The minimum Gasteiger partial charge on any atom is -0.452 e. The number of hydrogen-bond donors (Lipinski definition) is 0. The van der Waals surface area contributed by atoms with Gasteiger partial charge in [-0.2, -0.15) is 0 Å². The van der Waals surface area contributed by atoms with Crippen molar-refractivity contribution in [2.24, 2.45) is 0 Å². The van der Waals surface area contributed by atoms with Crippen LogP contribution in [-0.4, -0.2) is 0 Å². The fraction of sp³-hybridized carbons (Fsp3) is 0. The lowest BCUT2D eigenvalue weighted by molar-refractivity contribution is 0.633. The van der Waals surface area contributed by atoms with Crippen molar-refractivity contribution in [3.05, 3.63) is 158 Å². The Kier molecular flexibility index (Phi) is 3.92. The van der Waals surface area contributed by atoms with Crippen LogP contribution in [0, 0.1) is 0 Å². The fourth-order valence-corrected chi connectivity index (χ4v) is 6.93. The van der Waals surface area contributed by atoms with Gasteiger partial charge < -0.3 is 8.83 Å². The van der Waals surface area contributed by atoms with Crippen LogP contribution < -0.4 is 0 Å². The van der Waals surface area contributed by atoms with Crippen molar-refractivity contribution in [2.75, 3.05) is 0 Å². The van der Waals surface area contributed by atoms with Gasteiger partial charge in [-0.15, -0.1) is 0 Å². The summed E-state index contributed by atoms with van der Waals surface area (Å²) in [6.07, 6.45) is 0. The molecule has 2 nitrogen and oxygen atoms in total. The molecule has 0 atom stereocenters. The summed E-state index contributed by atoms with van der Waals surface area (Å²) in [4.78, 5) is 0. The number of benzene rings is 8. The molecule has 0 aliphatic carbocycles. The molecule has 2 aromatic heterocycles. The second kappa shape index (κ2) is 9.69. The van der Waals surface area contributed by atoms with Crippen molar-refractivity contribution >= 4 is 65.4 Å². The highest BCUT2D eigenvalue weighted by Crippen LogP contribution is 2.47. The van der Waals surface area contributed by atoms with E-state index in [2.05, 4.69) is 0 Å². The Bertz CT molecular complexity index is 3170. The first-order chi connectivity index (χ1) is 26.2. The van der Waals surface area contributed by atoms with Crippen LogP contribution in [0.2, 0.25) is 0 Å². The number of fused-ring (bicyclic) bond motifs is 9. The van der Waals surface area contributed by atoms with Gasteiger partial charge in [0, 0.05) is 21.5 Å². The Morgan fingerprint density at radius 2 is 0.913 bits per heavy atom. The van der Waals surface area contributed by atoms with Gasteiger partial charge in [0.2, 0.25) is 0 Å². The van der Waals surface area contributed by atoms with Crippen LogP contribution in [0.5, 0.6) is 0 Å². The summed E-state index contributed by atoms with van der Waals surface area (Å²) >= 11 is 0. The third kappa shape index (κ3) is 3.59. The largest absolute Gasteiger partial charge is 0.452 e. The van der Waals surface area contributed by atoms with E-state index < -0.39 is 24.2 Å². The highest BCUT2D eigenvalue weighted by atomic mass is 16.4. The topological polar surface area (TPSA) is 26.3 Å². The molecule has 0 fully saturated rings. The minimum absolute atomic E-state index is 0.156. The van der Waals surface area contributed by atoms with Crippen LogP contribution in [0.3, 0.4) is 0 Å². The predicted octanol–water partition coefficient (Wildman–Crippen LogP) is 12.8. The molecule has 0 N–H and O–H groups in total. The zero-order chi connectivity index (χ0) is 37.2. The predicted molar refractivity (Wildman–Crippen MR) is 192 cm³/mol. The lowest BCUT2D eigenvalue weighted by atomic mass is 9.83. The lowest BCUT2D eigenvalue weighted by Gasteiger charge is -2.19. The highest BCUT2D eigenvalue weighted by molar-refractivity contribution is 6.24. The zero-order valence-corrected chi connectivity index (χ0v) is 24.2. The van der Waals surface area contributed by atoms with Gasteiger partial charge in [0.25, 0.3) is 0 Å². The smallest absolute Gasteiger partial charge is 0.178 e. The quantitative estimate of drug-likeness (QED) is 0.190. The van der Waals surface area contributed by atoms with Crippen molar-refractivity contribution < 1.29 is 19.8 Å². The summed E-state index contributed by atoms with van der Waals surface area (Å²) in [7, 11) is 0. The summed E-state index contributed by atoms with van der Waals surface area (Å²) in [5, 5.41) is 4.00. The Morgan fingerprint density at radius 3 is 1.61 bits per heavy atom. The van der Waals surface area contributed by atoms with Crippen molar-refractivity contribution in [3.8, 4) is 33.4 Å². The molecule has 0 radical (unpaired) electrons. The molecule has 10 rings (SSSR count).